The molecule has 0 aliphatic heterocycles. The number of aromatic nitrogens is 1. The second-order valence-corrected chi connectivity index (χ2v) is 7.51. The third-order valence-corrected chi connectivity index (χ3v) is 4.63. The van der Waals surface area contributed by atoms with Crippen molar-refractivity contribution in [1.29, 1.82) is 0 Å². The molecule has 0 unspecified atom stereocenters. The molecular formula is C21H24N2O3. The number of hydrogen-bond acceptors (Lipinski definition) is 4. The van der Waals surface area contributed by atoms with Gasteiger partial charge >= 0.3 is 0 Å². The lowest BCUT2D eigenvalue weighted by atomic mass is 9.87. The molecule has 1 aromatic heterocycles. The van der Waals surface area contributed by atoms with Crippen LogP contribution in [0.25, 0.3) is 10.9 Å². The van der Waals surface area contributed by atoms with Crippen LogP contribution in [0.15, 0.2) is 47.6 Å². The lowest BCUT2D eigenvalue weighted by Gasteiger charge is -2.19. The van der Waals surface area contributed by atoms with Gasteiger partial charge in [-0.1, -0.05) is 51.1 Å². The Morgan fingerprint density at radius 1 is 1.12 bits per heavy atom. The van der Waals surface area contributed by atoms with E-state index in [2.05, 4.69) is 38.1 Å². The van der Waals surface area contributed by atoms with Crippen LogP contribution in [0.3, 0.4) is 0 Å². The normalized spacial score (nSPS) is 11.7. The van der Waals surface area contributed by atoms with Crippen molar-refractivity contribution in [3.63, 3.8) is 0 Å². The maximum atomic E-state index is 11.1. The molecule has 1 heterocycles. The highest BCUT2D eigenvalue weighted by Gasteiger charge is 2.18. The zero-order chi connectivity index (χ0) is 18.9. The minimum atomic E-state index is -0.115. The first kappa shape index (κ1) is 18.0. The zero-order valence-corrected chi connectivity index (χ0v) is 15.6. The van der Waals surface area contributed by atoms with Crippen LogP contribution in [0.4, 0.5) is 5.69 Å². The van der Waals surface area contributed by atoms with E-state index < -0.39 is 0 Å². The van der Waals surface area contributed by atoms with Crippen molar-refractivity contribution in [3.05, 3.63) is 58.5 Å². The Kier molecular flexibility index (Phi) is 4.72. The van der Waals surface area contributed by atoms with Crippen LogP contribution in [0.1, 0.15) is 31.9 Å². The van der Waals surface area contributed by atoms with Gasteiger partial charge in [0.05, 0.1) is 12.1 Å². The summed E-state index contributed by atoms with van der Waals surface area (Å²) in [6.45, 7) is 9.25. The van der Waals surface area contributed by atoms with Crippen LogP contribution < -0.4 is 4.74 Å². The number of ether oxygens (including phenoxy) is 1. The van der Waals surface area contributed by atoms with Crippen molar-refractivity contribution in [3.8, 4) is 11.6 Å². The first-order valence-electron chi connectivity index (χ1n) is 8.70. The van der Waals surface area contributed by atoms with Crippen LogP contribution >= 0.6 is 0 Å². The van der Waals surface area contributed by atoms with Gasteiger partial charge in [-0.15, -0.1) is 4.91 Å². The summed E-state index contributed by atoms with van der Waals surface area (Å²) in [5.74, 6) is 0.662. The SMILES string of the molecule is Cc1cccc2c(N=O)c(O)n(CCOc3ccc(C(C)(C)C)cc3)c12. The molecular weight excluding hydrogens is 328 g/mol. The molecule has 0 saturated carbocycles. The highest BCUT2D eigenvalue weighted by molar-refractivity contribution is 5.96. The van der Waals surface area contributed by atoms with Gasteiger partial charge in [-0.2, -0.15) is 0 Å². The number of hydrogen-bond donors (Lipinski definition) is 1. The van der Waals surface area contributed by atoms with Gasteiger partial charge in [0.25, 0.3) is 0 Å². The predicted octanol–water partition coefficient (Wildman–Crippen LogP) is 5.43. The van der Waals surface area contributed by atoms with Crippen molar-refractivity contribution in [2.24, 2.45) is 5.18 Å². The van der Waals surface area contributed by atoms with E-state index in [1.807, 2.05) is 31.2 Å². The van der Waals surface area contributed by atoms with Crippen molar-refractivity contribution in [2.45, 2.75) is 39.7 Å². The van der Waals surface area contributed by atoms with Gasteiger partial charge < -0.3 is 14.4 Å². The Morgan fingerprint density at radius 3 is 2.42 bits per heavy atom. The molecule has 1 N–H and O–H groups in total. The average molecular weight is 352 g/mol. The van der Waals surface area contributed by atoms with Gasteiger partial charge in [0.15, 0.2) is 5.69 Å². The first-order chi connectivity index (χ1) is 12.3. The van der Waals surface area contributed by atoms with Gasteiger partial charge in [-0.3, -0.25) is 0 Å². The van der Waals surface area contributed by atoms with E-state index in [-0.39, 0.29) is 17.0 Å². The number of aromatic hydroxyl groups is 1. The van der Waals surface area contributed by atoms with Crippen LogP contribution in [0.5, 0.6) is 11.6 Å². The van der Waals surface area contributed by atoms with Crippen LogP contribution in [-0.4, -0.2) is 16.3 Å². The van der Waals surface area contributed by atoms with E-state index in [4.69, 9.17) is 4.74 Å². The Balaban J connectivity index is 1.78. The molecule has 3 aromatic rings. The molecule has 0 radical (unpaired) electrons. The second kappa shape index (κ2) is 6.83. The fourth-order valence-electron chi connectivity index (χ4n) is 3.18. The molecule has 136 valence electrons. The summed E-state index contributed by atoms with van der Waals surface area (Å²) in [5.41, 5.74) is 3.22. The molecule has 5 heteroatoms. The van der Waals surface area contributed by atoms with E-state index >= 15 is 0 Å². The summed E-state index contributed by atoms with van der Waals surface area (Å²) in [4.78, 5) is 11.1. The smallest absolute Gasteiger partial charge is 0.222 e. The summed E-state index contributed by atoms with van der Waals surface area (Å²) < 4.78 is 7.51. The van der Waals surface area contributed by atoms with Gasteiger partial charge in [0.2, 0.25) is 5.88 Å². The third kappa shape index (κ3) is 3.29. The van der Waals surface area contributed by atoms with E-state index in [1.54, 1.807) is 10.6 Å². The summed E-state index contributed by atoms with van der Waals surface area (Å²) in [5, 5.41) is 14.0. The number of nitrogens with zero attached hydrogens (tertiary/aromatic N) is 2. The second-order valence-electron chi connectivity index (χ2n) is 7.51. The molecule has 3 rings (SSSR count). The van der Waals surface area contributed by atoms with E-state index in [0.717, 1.165) is 16.8 Å². The minimum Gasteiger partial charge on any atom is -0.493 e. The summed E-state index contributed by atoms with van der Waals surface area (Å²) in [6, 6.07) is 13.6. The Morgan fingerprint density at radius 2 is 1.81 bits per heavy atom. The number of nitroso groups, excluding NO2 is 1. The Labute approximate surface area is 153 Å². The maximum Gasteiger partial charge on any atom is 0.222 e. The van der Waals surface area contributed by atoms with Crippen molar-refractivity contribution < 1.29 is 9.84 Å². The van der Waals surface area contributed by atoms with Crippen LogP contribution in [0.2, 0.25) is 0 Å². The Hall–Kier alpha value is -2.82. The molecule has 26 heavy (non-hydrogen) atoms. The molecule has 0 aliphatic carbocycles. The minimum absolute atomic E-state index is 0.0817. The molecule has 0 aliphatic rings. The molecule has 0 fully saturated rings. The number of para-hydroxylation sites is 1. The predicted molar refractivity (Wildman–Crippen MR) is 104 cm³/mol. The quantitative estimate of drug-likeness (QED) is 0.623. The number of fused-ring (bicyclic) bond motifs is 1. The summed E-state index contributed by atoms with van der Waals surface area (Å²) in [7, 11) is 0. The van der Waals surface area contributed by atoms with Gasteiger partial charge in [-0.05, 0) is 40.8 Å². The van der Waals surface area contributed by atoms with Gasteiger partial charge in [0, 0.05) is 5.39 Å². The van der Waals surface area contributed by atoms with E-state index in [1.165, 1.54) is 5.56 Å². The summed E-state index contributed by atoms with van der Waals surface area (Å²) >= 11 is 0. The molecule has 0 bridgehead atoms. The number of aryl methyl sites for hydroxylation is 1. The number of rotatable bonds is 5. The average Bonchev–Trinajstić information content (AvgIpc) is 2.87. The molecule has 0 saturated heterocycles. The van der Waals surface area contributed by atoms with Crippen molar-refractivity contribution >= 4 is 16.6 Å². The molecule has 0 spiro atoms. The van der Waals surface area contributed by atoms with Crippen molar-refractivity contribution in [1.82, 2.24) is 4.57 Å². The lowest BCUT2D eigenvalue weighted by Crippen LogP contribution is -2.11. The molecule has 5 nitrogen and oxygen atoms in total. The van der Waals surface area contributed by atoms with E-state index in [0.29, 0.717) is 18.5 Å². The lowest BCUT2D eigenvalue weighted by molar-refractivity contribution is 0.290. The first-order valence-corrected chi connectivity index (χ1v) is 8.70. The zero-order valence-electron chi connectivity index (χ0n) is 15.6. The third-order valence-electron chi connectivity index (χ3n) is 4.63. The standard InChI is InChI=1S/C21H24N2O3/c1-14-6-5-7-17-18(22-25)20(24)23(19(14)17)12-13-26-16-10-8-15(9-11-16)21(2,3)4/h5-11,24H,12-13H2,1-4H3. The van der Waals surface area contributed by atoms with Crippen LogP contribution in [-0.2, 0) is 12.0 Å². The van der Waals surface area contributed by atoms with Gasteiger partial charge in [0.1, 0.15) is 12.4 Å². The maximum absolute atomic E-state index is 11.1. The number of benzene rings is 2. The fraction of sp³-hybridized carbons (Fsp3) is 0.333. The highest BCUT2D eigenvalue weighted by Crippen LogP contribution is 2.39. The van der Waals surface area contributed by atoms with Crippen LogP contribution in [0, 0.1) is 11.8 Å². The van der Waals surface area contributed by atoms with Gasteiger partial charge in [-0.25, -0.2) is 0 Å². The Bertz CT molecular complexity index is 935. The van der Waals surface area contributed by atoms with Crippen molar-refractivity contribution in [2.75, 3.05) is 6.61 Å². The fourth-order valence-corrected chi connectivity index (χ4v) is 3.18. The molecule has 0 atom stereocenters. The van der Waals surface area contributed by atoms with E-state index in [9.17, 15) is 10.0 Å². The molecule has 0 amide bonds. The largest absolute Gasteiger partial charge is 0.493 e. The topological polar surface area (TPSA) is 63.8 Å². The monoisotopic (exact) mass is 352 g/mol. The molecule has 2 aromatic carbocycles. The highest BCUT2D eigenvalue weighted by atomic mass is 16.5. The summed E-state index contributed by atoms with van der Waals surface area (Å²) in [6.07, 6.45) is 0.